The molecule has 1 unspecified atom stereocenters. The van der Waals surface area contributed by atoms with Gasteiger partial charge in [-0.1, -0.05) is 42.8 Å². The van der Waals surface area contributed by atoms with Crippen LogP contribution in [0.3, 0.4) is 0 Å². The molecule has 0 radical (unpaired) electrons. The van der Waals surface area contributed by atoms with E-state index in [1.165, 1.54) is 16.7 Å². The number of hydrogen-bond donors (Lipinski definition) is 0. The van der Waals surface area contributed by atoms with Gasteiger partial charge in [0.2, 0.25) is 0 Å². The van der Waals surface area contributed by atoms with Crippen molar-refractivity contribution in [2.24, 2.45) is 4.99 Å². The molecule has 1 atom stereocenters. The minimum atomic E-state index is 0.415. The molecule has 0 aliphatic carbocycles. The quantitative estimate of drug-likeness (QED) is 0.660. The Hall–Kier alpha value is -1.37. The molecule has 0 heterocycles. The van der Waals surface area contributed by atoms with Gasteiger partial charge in [-0.2, -0.15) is 0 Å². The van der Waals surface area contributed by atoms with Gasteiger partial charge >= 0.3 is 0 Å². The highest BCUT2D eigenvalue weighted by Crippen LogP contribution is 2.23. The van der Waals surface area contributed by atoms with Gasteiger partial charge in [0.15, 0.2) is 0 Å². The minimum absolute atomic E-state index is 0.415. The second-order valence-electron chi connectivity index (χ2n) is 3.81. The molecule has 0 amide bonds. The summed E-state index contributed by atoms with van der Waals surface area (Å²) in [5.41, 5.74) is 3.93. The average molecular weight is 201 g/mol. The van der Waals surface area contributed by atoms with Crippen molar-refractivity contribution >= 4 is 6.21 Å². The summed E-state index contributed by atoms with van der Waals surface area (Å²) in [6.07, 6.45) is 4.06. The van der Waals surface area contributed by atoms with Crippen molar-refractivity contribution in [1.29, 1.82) is 0 Å². The molecule has 80 valence electrons. The van der Waals surface area contributed by atoms with Crippen molar-refractivity contribution in [1.82, 2.24) is 0 Å². The van der Waals surface area contributed by atoms with Crippen molar-refractivity contribution in [3.05, 3.63) is 47.0 Å². The van der Waals surface area contributed by atoms with E-state index in [0.29, 0.717) is 5.92 Å². The largest absolute Gasteiger partial charge is 0.296 e. The van der Waals surface area contributed by atoms with Crippen molar-refractivity contribution in [2.75, 3.05) is 7.05 Å². The Bertz CT molecular complexity index is 375. The first-order valence-corrected chi connectivity index (χ1v) is 5.34. The molecule has 0 aliphatic rings. The number of aryl methyl sites for hydroxylation is 1. The first kappa shape index (κ1) is 11.7. The van der Waals surface area contributed by atoms with Crippen LogP contribution in [0.15, 0.2) is 40.9 Å². The summed E-state index contributed by atoms with van der Waals surface area (Å²) in [6, 6.07) is 8.64. The van der Waals surface area contributed by atoms with E-state index in [2.05, 4.69) is 56.1 Å². The number of rotatable bonds is 3. The fourth-order valence-corrected chi connectivity index (χ4v) is 1.72. The molecule has 0 spiro atoms. The van der Waals surface area contributed by atoms with Crippen molar-refractivity contribution in [2.45, 2.75) is 26.7 Å². The first-order chi connectivity index (χ1) is 7.19. The fraction of sp³-hybridized carbons (Fsp3) is 0.357. The predicted octanol–water partition coefficient (Wildman–Crippen LogP) is 3.75. The second kappa shape index (κ2) is 5.50. The Morgan fingerprint density at radius 2 is 2.13 bits per heavy atom. The standard InChI is InChI=1S/C14H19N/c1-5-13(10-15-4)12(3)14-8-6-7-11(2)9-14/h5-10,12H,1-4H3/b13-5+,15-10-. The average Bonchev–Trinajstić information content (AvgIpc) is 2.25. The third-order valence-electron chi connectivity index (χ3n) is 2.65. The topological polar surface area (TPSA) is 12.4 Å². The van der Waals surface area contributed by atoms with E-state index in [0.717, 1.165) is 0 Å². The zero-order chi connectivity index (χ0) is 11.3. The van der Waals surface area contributed by atoms with Gasteiger partial charge in [0.05, 0.1) is 0 Å². The summed E-state index contributed by atoms with van der Waals surface area (Å²) in [7, 11) is 1.81. The molecule has 0 saturated heterocycles. The molecule has 1 heteroatoms. The van der Waals surface area contributed by atoms with Gasteiger partial charge in [-0.05, 0) is 25.0 Å². The van der Waals surface area contributed by atoms with Crippen LogP contribution in [0.1, 0.15) is 30.9 Å². The molecule has 0 bridgehead atoms. The molecule has 1 rings (SSSR count). The van der Waals surface area contributed by atoms with Gasteiger partial charge in [0.25, 0.3) is 0 Å². The van der Waals surface area contributed by atoms with E-state index < -0.39 is 0 Å². The Kier molecular flexibility index (Phi) is 4.29. The summed E-state index contributed by atoms with van der Waals surface area (Å²) < 4.78 is 0. The summed E-state index contributed by atoms with van der Waals surface area (Å²) in [4.78, 5) is 4.08. The first-order valence-electron chi connectivity index (χ1n) is 5.34. The van der Waals surface area contributed by atoms with Crippen LogP contribution >= 0.6 is 0 Å². The van der Waals surface area contributed by atoms with E-state index in [4.69, 9.17) is 0 Å². The van der Waals surface area contributed by atoms with Crippen LogP contribution in [0.2, 0.25) is 0 Å². The highest BCUT2D eigenvalue weighted by atomic mass is 14.6. The maximum Gasteiger partial charge on any atom is 0.0277 e. The summed E-state index contributed by atoms with van der Waals surface area (Å²) in [6.45, 7) is 6.40. The Morgan fingerprint density at radius 3 is 2.67 bits per heavy atom. The van der Waals surface area contributed by atoms with E-state index >= 15 is 0 Å². The Morgan fingerprint density at radius 1 is 1.40 bits per heavy atom. The molecule has 1 aromatic rings. The van der Waals surface area contributed by atoms with Gasteiger partial charge in [0.1, 0.15) is 0 Å². The van der Waals surface area contributed by atoms with Crippen LogP contribution in [0.5, 0.6) is 0 Å². The molecule has 0 aromatic heterocycles. The maximum absolute atomic E-state index is 4.08. The van der Waals surface area contributed by atoms with Crippen LogP contribution in [0, 0.1) is 6.92 Å². The highest BCUT2D eigenvalue weighted by Gasteiger charge is 2.08. The SMILES string of the molecule is C/C=C(\C=N/C)C(C)c1cccc(C)c1. The number of hydrogen-bond acceptors (Lipinski definition) is 1. The smallest absolute Gasteiger partial charge is 0.0277 e. The fourth-order valence-electron chi connectivity index (χ4n) is 1.72. The normalized spacial score (nSPS) is 14.5. The van der Waals surface area contributed by atoms with Gasteiger partial charge in [0, 0.05) is 19.2 Å². The molecule has 0 saturated carbocycles. The number of aliphatic imine (C=N–C) groups is 1. The Balaban J connectivity index is 2.98. The van der Waals surface area contributed by atoms with Crippen LogP contribution in [0.4, 0.5) is 0 Å². The lowest BCUT2D eigenvalue weighted by atomic mass is 9.92. The van der Waals surface area contributed by atoms with Gasteiger partial charge in [-0.25, -0.2) is 0 Å². The lowest BCUT2D eigenvalue weighted by Gasteiger charge is -2.13. The summed E-state index contributed by atoms with van der Waals surface area (Å²) >= 11 is 0. The number of benzene rings is 1. The zero-order valence-electron chi connectivity index (χ0n) is 9.99. The van der Waals surface area contributed by atoms with Gasteiger partial charge < -0.3 is 0 Å². The molecular weight excluding hydrogens is 182 g/mol. The van der Waals surface area contributed by atoms with Crippen LogP contribution in [-0.4, -0.2) is 13.3 Å². The molecule has 1 aromatic carbocycles. The molecule has 15 heavy (non-hydrogen) atoms. The molecule has 0 aliphatic heterocycles. The Labute approximate surface area is 92.6 Å². The van der Waals surface area contributed by atoms with E-state index in [9.17, 15) is 0 Å². The molecular formula is C14H19N. The van der Waals surface area contributed by atoms with Crippen LogP contribution in [-0.2, 0) is 0 Å². The monoisotopic (exact) mass is 201 g/mol. The minimum Gasteiger partial charge on any atom is -0.296 e. The number of nitrogens with zero attached hydrogens (tertiary/aromatic N) is 1. The third kappa shape index (κ3) is 3.05. The van der Waals surface area contributed by atoms with Gasteiger partial charge in [-0.3, -0.25) is 4.99 Å². The zero-order valence-corrected chi connectivity index (χ0v) is 9.99. The highest BCUT2D eigenvalue weighted by molar-refractivity contribution is 5.80. The summed E-state index contributed by atoms with van der Waals surface area (Å²) in [5, 5.41) is 0. The molecule has 1 nitrogen and oxygen atoms in total. The predicted molar refractivity (Wildman–Crippen MR) is 67.8 cm³/mol. The van der Waals surface area contributed by atoms with E-state index in [-0.39, 0.29) is 0 Å². The number of allylic oxidation sites excluding steroid dienone is 2. The van der Waals surface area contributed by atoms with Crippen molar-refractivity contribution in [3.63, 3.8) is 0 Å². The summed E-state index contributed by atoms with van der Waals surface area (Å²) in [5.74, 6) is 0.415. The lowest BCUT2D eigenvalue weighted by molar-refractivity contribution is 0.933. The molecule has 0 fully saturated rings. The molecule has 0 N–H and O–H groups in total. The van der Waals surface area contributed by atoms with E-state index in [1.807, 2.05) is 13.3 Å². The van der Waals surface area contributed by atoms with Crippen molar-refractivity contribution < 1.29 is 0 Å². The third-order valence-corrected chi connectivity index (χ3v) is 2.65. The second-order valence-corrected chi connectivity index (χ2v) is 3.81. The van der Waals surface area contributed by atoms with Crippen LogP contribution < -0.4 is 0 Å². The van der Waals surface area contributed by atoms with Crippen LogP contribution in [0.25, 0.3) is 0 Å². The lowest BCUT2D eigenvalue weighted by Crippen LogP contribution is -1.99. The van der Waals surface area contributed by atoms with Crippen molar-refractivity contribution in [3.8, 4) is 0 Å². The maximum atomic E-state index is 4.08. The van der Waals surface area contributed by atoms with Gasteiger partial charge in [-0.15, -0.1) is 0 Å². The van der Waals surface area contributed by atoms with E-state index in [1.54, 1.807) is 0 Å².